The molecule has 0 radical (unpaired) electrons. The summed E-state index contributed by atoms with van der Waals surface area (Å²) in [6, 6.07) is -0.0683. The molecule has 5 nitrogen and oxygen atoms in total. The molecule has 0 aliphatic heterocycles. The molecule has 94 valence electrons. The number of aliphatic hydroxyl groups is 1. The van der Waals surface area contributed by atoms with E-state index in [1.54, 1.807) is 0 Å². The van der Waals surface area contributed by atoms with Crippen LogP contribution in [0.25, 0.3) is 0 Å². The summed E-state index contributed by atoms with van der Waals surface area (Å²) in [5.74, 6) is 0. The zero-order chi connectivity index (χ0) is 12.2. The molecule has 1 saturated carbocycles. The van der Waals surface area contributed by atoms with E-state index in [0.29, 0.717) is 0 Å². The molecule has 0 aromatic carbocycles. The number of aliphatic hydroxyl groups excluding tert-OH is 1. The highest BCUT2D eigenvalue weighted by atomic mass is 16.6. The van der Waals surface area contributed by atoms with Gasteiger partial charge >= 0.3 is 6.09 Å². The van der Waals surface area contributed by atoms with Crippen LogP contribution in [0, 0.1) is 0 Å². The van der Waals surface area contributed by atoms with E-state index >= 15 is 0 Å². The van der Waals surface area contributed by atoms with Gasteiger partial charge in [0.15, 0.2) is 0 Å². The normalized spacial score (nSPS) is 26.2. The minimum absolute atomic E-state index is 0.0683. The van der Waals surface area contributed by atoms with Gasteiger partial charge in [-0.2, -0.15) is 0 Å². The first kappa shape index (κ1) is 13.3. The van der Waals surface area contributed by atoms with Crippen molar-refractivity contribution < 1.29 is 14.6 Å². The smallest absolute Gasteiger partial charge is 0.422 e. The van der Waals surface area contributed by atoms with Gasteiger partial charge in [-0.25, -0.2) is 10.2 Å². The van der Waals surface area contributed by atoms with Gasteiger partial charge in [-0.1, -0.05) is 12.8 Å². The van der Waals surface area contributed by atoms with Crippen LogP contribution in [0.4, 0.5) is 4.79 Å². The zero-order valence-electron chi connectivity index (χ0n) is 10.2. The van der Waals surface area contributed by atoms with E-state index in [0.717, 1.165) is 25.7 Å². The zero-order valence-corrected chi connectivity index (χ0v) is 10.2. The first-order chi connectivity index (χ1) is 7.38. The van der Waals surface area contributed by atoms with Crippen molar-refractivity contribution in [3.8, 4) is 0 Å². The molecule has 1 rings (SSSR count). The van der Waals surface area contributed by atoms with E-state index in [9.17, 15) is 9.90 Å². The maximum Gasteiger partial charge on any atom is 0.422 e. The van der Waals surface area contributed by atoms with Gasteiger partial charge in [0.1, 0.15) is 5.60 Å². The van der Waals surface area contributed by atoms with Gasteiger partial charge in [-0.15, -0.1) is 0 Å². The predicted molar refractivity (Wildman–Crippen MR) is 60.8 cm³/mol. The highest BCUT2D eigenvalue weighted by Gasteiger charge is 2.24. The quantitative estimate of drug-likeness (QED) is 0.626. The van der Waals surface area contributed by atoms with E-state index in [2.05, 4.69) is 10.9 Å². The summed E-state index contributed by atoms with van der Waals surface area (Å²) in [5.41, 5.74) is 4.78. The summed E-state index contributed by atoms with van der Waals surface area (Å²) in [6.07, 6.45) is 2.88. The summed E-state index contributed by atoms with van der Waals surface area (Å²) in [6.45, 7) is 5.42. The van der Waals surface area contributed by atoms with Gasteiger partial charge in [0.25, 0.3) is 0 Å². The molecule has 0 saturated heterocycles. The van der Waals surface area contributed by atoms with Crippen molar-refractivity contribution in [2.24, 2.45) is 0 Å². The summed E-state index contributed by atoms with van der Waals surface area (Å²) >= 11 is 0. The Hall–Kier alpha value is -0.810. The molecule has 0 spiro atoms. The molecule has 0 bridgehead atoms. The molecule has 16 heavy (non-hydrogen) atoms. The van der Waals surface area contributed by atoms with Gasteiger partial charge in [0, 0.05) is 0 Å². The molecule has 1 aliphatic carbocycles. The van der Waals surface area contributed by atoms with E-state index in [-0.39, 0.29) is 12.1 Å². The van der Waals surface area contributed by atoms with Gasteiger partial charge in [0.05, 0.1) is 12.1 Å². The second-order valence-electron chi connectivity index (χ2n) is 5.23. The molecule has 3 N–H and O–H groups in total. The van der Waals surface area contributed by atoms with Gasteiger partial charge < -0.3 is 9.84 Å². The number of nitrogens with one attached hydrogen (secondary N) is 2. The standard InChI is InChI=1S/C11H22N2O3/c1-11(2,3)16-10(15)13-12-8-6-4-5-7-9(8)14/h8-9,12,14H,4-7H2,1-3H3,(H,13,15)/t8-,9-/m0/s1. The largest absolute Gasteiger partial charge is 0.443 e. The van der Waals surface area contributed by atoms with Crippen molar-refractivity contribution in [1.29, 1.82) is 0 Å². The van der Waals surface area contributed by atoms with E-state index in [4.69, 9.17) is 4.74 Å². The molecule has 2 atom stereocenters. The molecule has 5 heteroatoms. The van der Waals surface area contributed by atoms with Crippen molar-refractivity contribution in [3.05, 3.63) is 0 Å². The van der Waals surface area contributed by atoms with Crippen molar-refractivity contribution in [2.75, 3.05) is 0 Å². The first-order valence-electron chi connectivity index (χ1n) is 5.81. The third-order valence-electron chi connectivity index (χ3n) is 2.49. The van der Waals surface area contributed by atoms with E-state index < -0.39 is 11.7 Å². The Morgan fingerprint density at radius 1 is 1.31 bits per heavy atom. The Balaban J connectivity index is 2.25. The van der Waals surface area contributed by atoms with Crippen molar-refractivity contribution in [3.63, 3.8) is 0 Å². The minimum Gasteiger partial charge on any atom is -0.443 e. The maximum absolute atomic E-state index is 11.3. The molecular weight excluding hydrogens is 208 g/mol. The second-order valence-corrected chi connectivity index (χ2v) is 5.23. The molecule has 0 aromatic heterocycles. The lowest BCUT2D eigenvalue weighted by Crippen LogP contribution is -2.51. The van der Waals surface area contributed by atoms with Crippen LogP contribution in [-0.2, 0) is 4.74 Å². The Morgan fingerprint density at radius 3 is 2.50 bits per heavy atom. The number of amides is 1. The lowest BCUT2D eigenvalue weighted by atomic mass is 9.93. The first-order valence-corrected chi connectivity index (χ1v) is 5.81. The number of carbonyl (C=O) groups is 1. The predicted octanol–water partition coefficient (Wildman–Crippen LogP) is 1.32. The maximum atomic E-state index is 11.3. The lowest BCUT2D eigenvalue weighted by molar-refractivity contribution is 0.0411. The molecule has 1 aliphatic rings. The van der Waals surface area contributed by atoms with E-state index in [1.165, 1.54) is 0 Å². The summed E-state index contributed by atoms with van der Waals surface area (Å²) in [5, 5.41) is 9.66. The van der Waals surface area contributed by atoms with Crippen LogP contribution < -0.4 is 10.9 Å². The van der Waals surface area contributed by atoms with Gasteiger partial charge in [-0.05, 0) is 33.6 Å². The van der Waals surface area contributed by atoms with Crippen molar-refractivity contribution in [2.45, 2.75) is 64.2 Å². The number of carbonyl (C=O) groups excluding carboxylic acids is 1. The van der Waals surface area contributed by atoms with Crippen LogP contribution in [-0.4, -0.2) is 28.9 Å². The van der Waals surface area contributed by atoms with Crippen LogP contribution in [0.2, 0.25) is 0 Å². The monoisotopic (exact) mass is 230 g/mol. The SMILES string of the molecule is CC(C)(C)OC(=O)NN[C@H]1CCCC[C@@H]1O. The Bertz CT molecular complexity index is 238. The summed E-state index contributed by atoms with van der Waals surface area (Å²) in [7, 11) is 0. The number of ether oxygens (including phenoxy) is 1. The lowest BCUT2D eigenvalue weighted by Gasteiger charge is -2.29. The second kappa shape index (κ2) is 5.50. The van der Waals surface area contributed by atoms with Crippen LogP contribution in [0.1, 0.15) is 46.5 Å². The molecular formula is C11H22N2O3. The highest BCUT2D eigenvalue weighted by Crippen LogP contribution is 2.17. The molecule has 1 fully saturated rings. The van der Waals surface area contributed by atoms with Crippen LogP contribution in [0.5, 0.6) is 0 Å². The fraction of sp³-hybridized carbons (Fsp3) is 0.909. The summed E-state index contributed by atoms with van der Waals surface area (Å²) < 4.78 is 5.07. The number of hydrogen-bond donors (Lipinski definition) is 3. The molecule has 1 amide bonds. The number of hydrogen-bond acceptors (Lipinski definition) is 4. The van der Waals surface area contributed by atoms with Crippen LogP contribution in [0.3, 0.4) is 0 Å². The highest BCUT2D eigenvalue weighted by molar-refractivity contribution is 5.67. The third-order valence-corrected chi connectivity index (χ3v) is 2.49. The fourth-order valence-corrected chi connectivity index (χ4v) is 1.73. The average Bonchev–Trinajstić information content (AvgIpc) is 2.14. The fourth-order valence-electron chi connectivity index (χ4n) is 1.73. The van der Waals surface area contributed by atoms with Crippen LogP contribution in [0.15, 0.2) is 0 Å². The Kier molecular flexibility index (Phi) is 4.56. The van der Waals surface area contributed by atoms with Gasteiger partial charge in [0.2, 0.25) is 0 Å². The molecule has 0 unspecified atom stereocenters. The topological polar surface area (TPSA) is 70.6 Å². The Morgan fingerprint density at radius 2 is 1.94 bits per heavy atom. The van der Waals surface area contributed by atoms with E-state index in [1.807, 2.05) is 20.8 Å². The Labute approximate surface area is 96.5 Å². The number of rotatable bonds is 2. The summed E-state index contributed by atoms with van der Waals surface area (Å²) in [4.78, 5) is 11.3. The number of hydrazine groups is 1. The molecule has 0 heterocycles. The minimum atomic E-state index is -0.509. The van der Waals surface area contributed by atoms with Gasteiger partial charge in [-0.3, -0.25) is 5.43 Å². The van der Waals surface area contributed by atoms with Crippen molar-refractivity contribution >= 4 is 6.09 Å². The van der Waals surface area contributed by atoms with Crippen LogP contribution >= 0.6 is 0 Å². The van der Waals surface area contributed by atoms with Crippen molar-refractivity contribution in [1.82, 2.24) is 10.9 Å². The average molecular weight is 230 g/mol. The molecule has 0 aromatic rings. The third kappa shape index (κ3) is 4.81.